The summed E-state index contributed by atoms with van der Waals surface area (Å²) < 4.78 is 0. The van der Waals surface area contributed by atoms with Crippen LogP contribution in [0.25, 0.3) is 21.7 Å². The van der Waals surface area contributed by atoms with E-state index in [0.29, 0.717) is 16.4 Å². The predicted octanol–water partition coefficient (Wildman–Crippen LogP) is 7.31. The molecule has 2 aromatic carbocycles. The zero-order chi connectivity index (χ0) is 25.8. The average Bonchev–Trinajstić information content (AvgIpc) is 3.33. The van der Waals surface area contributed by atoms with E-state index in [1.54, 1.807) is 24.5 Å². The number of nitrogens with one attached hydrogen (secondary N) is 2. The summed E-state index contributed by atoms with van der Waals surface area (Å²) in [7, 11) is 0. The van der Waals surface area contributed by atoms with Crippen molar-refractivity contribution < 1.29 is 4.79 Å². The molecule has 0 saturated heterocycles. The summed E-state index contributed by atoms with van der Waals surface area (Å²) in [6.07, 6.45) is 3.48. The van der Waals surface area contributed by atoms with Gasteiger partial charge in [-0.3, -0.25) is 15.1 Å². The Morgan fingerprint density at radius 2 is 1.70 bits per heavy atom. The average molecular weight is 506 g/mol. The maximum Gasteiger partial charge on any atom is 0.259 e. The smallest absolute Gasteiger partial charge is 0.259 e. The van der Waals surface area contributed by atoms with Crippen LogP contribution >= 0.6 is 11.3 Å². The molecular formula is C30H27N5OS. The molecule has 0 saturated carbocycles. The summed E-state index contributed by atoms with van der Waals surface area (Å²) >= 11 is 1.45. The van der Waals surface area contributed by atoms with E-state index in [4.69, 9.17) is 4.98 Å². The zero-order valence-corrected chi connectivity index (χ0v) is 21.7. The number of anilines is 2. The first-order chi connectivity index (χ1) is 18.0. The third-order valence-corrected chi connectivity index (χ3v) is 7.10. The molecule has 7 heteroatoms. The Kier molecular flexibility index (Phi) is 7.05. The summed E-state index contributed by atoms with van der Waals surface area (Å²) in [5, 5.41) is 7.01. The highest BCUT2D eigenvalue weighted by molar-refractivity contribution is 7.19. The fourth-order valence-electron chi connectivity index (χ4n) is 4.14. The van der Waals surface area contributed by atoms with E-state index in [2.05, 4.69) is 58.7 Å². The lowest BCUT2D eigenvalue weighted by molar-refractivity contribution is 0.102. The van der Waals surface area contributed by atoms with Crippen molar-refractivity contribution in [2.24, 2.45) is 0 Å². The fourth-order valence-corrected chi connectivity index (χ4v) is 5.12. The molecule has 1 amide bonds. The van der Waals surface area contributed by atoms with Gasteiger partial charge in [0.2, 0.25) is 0 Å². The van der Waals surface area contributed by atoms with Gasteiger partial charge < -0.3 is 5.32 Å². The van der Waals surface area contributed by atoms with Crippen molar-refractivity contribution in [3.63, 3.8) is 0 Å². The van der Waals surface area contributed by atoms with Crippen molar-refractivity contribution >= 4 is 28.2 Å². The number of hydrogen-bond acceptors (Lipinski definition) is 6. The topological polar surface area (TPSA) is 79.8 Å². The molecule has 184 valence electrons. The number of carbonyl (C=O) groups is 1. The number of thiazole rings is 1. The Morgan fingerprint density at radius 3 is 2.49 bits per heavy atom. The summed E-state index contributed by atoms with van der Waals surface area (Å²) in [4.78, 5) is 27.6. The van der Waals surface area contributed by atoms with E-state index < -0.39 is 0 Å². The van der Waals surface area contributed by atoms with Gasteiger partial charge in [0.25, 0.3) is 5.91 Å². The van der Waals surface area contributed by atoms with Gasteiger partial charge in [0.15, 0.2) is 5.13 Å². The van der Waals surface area contributed by atoms with E-state index in [1.807, 2.05) is 49.4 Å². The van der Waals surface area contributed by atoms with Crippen molar-refractivity contribution in [3.8, 4) is 21.7 Å². The number of benzene rings is 2. The maximum atomic E-state index is 13.0. The van der Waals surface area contributed by atoms with Crippen LogP contribution in [0.1, 0.15) is 40.1 Å². The second kappa shape index (κ2) is 10.7. The number of nitrogens with zero attached hydrogens (tertiary/aromatic N) is 3. The molecule has 0 spiro atoms. The quantitative estimate of drug-likeness (QED) is 0.242. The molecule has 3 aromatic heterocycles. The van der Waals surface area contributed by atoms with Gasteiger partial charge in [-0.15, -0.1) is 0 Å². The van der Waals surface area contributed by atoms with Crippen molar-refractivity contribution in [2.45, 2.75) is 26.8 Å². The molecule has 5 rings (SSSR count). The predicted molar refractivity (Wildman–Crippen MR) is 151 cm³/mol. The van der Waals surface area contributed by atoms with Crippen LogP contribution in [0.15, 0.2) is 91.3 Å². The second-order valence-corrected chi connectivity index (χ2v) is 9.86. The molecule has 5 aromatic rings. The number of aromatic nitrogens is 3. The number of carbonyl (C=O) groups excluding carboxylic acids is 1. The third-order valence-electron chi connectivity index (χ3n) is 6.08. The molecule has 0 aliphatic heterocycles. The molecule has 0 fully saturated rings. The van der Waals surface area contributed by atoms with Gasteiger partial charge in [0.05, 0.1) is 16.1 Å². The number of hydrogen-bond donors (Lipinski definition) is 2. The van der Waals surface area contributed by atoms with Gasteiger partial charge in [-0.25, -0.2) is 9.97 Å². The summed E-state index contributed by atoms with van der Waals surface area (Å²) in [5.41, 5.74) is 6.32. The molecule has 0 aliphatic carbocycles. The molecule has 2 N–H and O–H groups in total. The Bertz CT molecular complexity index is 1550. The van der Waals surface area contributed by atoms with Crippen molar-refractivity contribution in [2.75, 3.05) is 10.6 Å². The highest BCUT2D eigenvalue weighted by Crippen LogP contribution is 2.40. The standard InChI is InChI=1S/C30H27N5OS/c1-19-9-7-12-23(17-19)27-28(37-30(34-27)35-29(36)25-13-8-15-31-21(25)3)24-14-16-32-26(18-24)33-20(2)22-10-5-4-6-11-22/h4-18,20H,1-3H3,(H,32,33)(H,34,35,36)/t20-/m0/s1. The van der Waals surface area contributed by atoms with Gasteiger partial charge in [-0.1, -0.05) is 65.4 Å². The molecular weight excluding hydrogens is 478 g/mol. The minimum atomic E-state index is -0.226. The molecule has 3 heterocycles. The molecule has 1 atom stereocenters. The first-order valence-corrected chi connectivity index (χ1v) is 12.9. The van der Waals surface area contributed by atoms with Crippen LogP contribution in [0.3, 0.4) is 0 Å². The van der Waals surface area contributed by atoms with Crippen molar-refractivity contribution in [1.82, 2.24) is 15.0 Å². The van der Waals surface area contributed by atoms with Crippen molar-refractivity contribution in [3.05, 3.63) is 114 Å². The number of rotatable bonds is 7. The van der Waals surface area contributed by atoms with Crippen LogP contribution in [0.5, 0.6) is 0 Å². The van der Waals surface area contributed by atoms with Crippen LogP contribution in [-0.4, -0.2) is 20.9 Å². The monoisotopic (exact) mass is 505 g/mol. The van der Waals surface area contributed by atoms with Gasteiger partial charge in [-0.05, 0) is 62.2 Å². The lowest BCUT2D eigenvalue weighted by Crippen LogP contribution is -2.13. The third kappa shape index (κ3) is 5.57. The van der Waals surface area contributed by atoms with Crippen LogP contribution in [0, 0.1) is 13.8 Å². The highest BCUT2D eigenvalue weighted by atomic mass is 32.1. The van der Waals surface area contributed by atoms with Crippen LogP contribution in [0.4, 0.5) is 10.9 Å². The second-order valence-electron chi connectivity index (χ2n) is 8.86. The Hall–Kier alpha value is -4.36. The summed E-state index contributed by atoms with van der Waals surface area (Å²) in [5.74, 6) is 0.546. The van der Waals surface area contributed by atoms with Gasteiger partial charge >= 0.3 is 0 Å². The zero-order valence-electron chi connectivity index (χ0n) is 20.9. The summed E-state index contributed by atoms with van der Waals surface area (Å²) in [6.45, 7) is 5.99. The van der Waals surface area contributed by atoms with Crippen molar-refractivity contribution in [1.29, 1.82) is 0 Å². The van der Waals surface area contributed by atoms with Gasteiger partial charge in [-0.2, -0.15) is 0 Å². The van der Waals surface area contributed by atoms with Gasteiger partial charge in [0, 0.05) is 29.7 Å². The van der Waals surface area contributed by atoms with E-state index in [9.17, 15) is 4.79 Å². The number of aryl methyl sites for hydroxylation is 2. The molecule has 0 aliphatic rings. The minimum Gasteiger partial charge on any atom is -0.364 e. The number of pyridine rings is 2. The minimum absolute atomic E-state index is 0.0965. The Labute approximate surface area is 220 Å². The van der Waals surface area contributed by atoms with E-state index in [1.165, 1.54) is 16.9 Å². The fraction of sp³-hybridized carbons (Fsp3) is 0.133. The Balaban J connectivity index is 1.50. The molecule has 0 bridgehead atoms. The summed E-state index contributed by atoms with van der Waals surface area (Å²) in [6, 6.07) is 26.1. The first-order valence-electron chi connectivity index (χ1n) is 12.1. The molecule has 0 unspecified atom stereocenters. The van der Waals surface area contributed by atoms with Crippen LogP contribution in [-0.2, 0) is 0 Å². The van der Waals surface area contributed by atoms with E-state index >= 15 is 0 Å². The largest absolute Gasteiger partial charge is 0.364 e. The van der Waals surface area contributed by atoms with Crippen LogP contribution in [0.2, 0.25) is 0 Å². The number of amides is 1. The van der Waals surface area contributed by atoms with E-state index in [0.717, 1.165) is 33.1 Å². The maximum absolute atomic E-state index is 13.0. The van der Waals surface area contributed by atoms with Gasteiger partial charge in [0.1, 0.15) is 5.82 Å². The van der Waals surface area contributed by atoms with Crippen LogP contribution < -0.4 is 10.6 Å². The highest BCUT2D eigenvalue weighted by Gasteiger charge is 2.19. The lowest BCUT2D eigenvalue weighted by atomic mass is 10.1. The Morgan fingerprint density at radius 1 is 0.865 bits per heavy atom. The molecule has 37 heavy (non-hydrogen) atoms. The van der Waals surface area contributed by atoms with E-state index in [-0.39, 0.29) is 11.9 Å². The molecule has 0 radical (unpaired) electrons. The lowest BCUT2D eigenvalue weighted by Gasteiger charge is -2.15. The molecule has 6 nitrogen and oxygen atoms in total. The normalized spacial score (nSPS) is 11.6. The first kappa shape index (κ1) is 24.3. The SMILES string of the molecule is Cc1cccc(-c2nc(NC(=O)c3cccnc3C)sc2-c2ccnc(N[C@@H](C)c3ccccc3)c2)c1.